The number of rotatable bonds is 7. The molecule has 0 atom stereocenters. The van der Waals surface area contributed by atoms with E-state index in [0.29, 0.717) is 12.4 Å². The van der Waals surface area contributed by atoms with Gasteiger partial charge in [-0.05, 0) is 12.5 Å². The Labute approximate surface area is 134 Å². The summed E-state index contributed by atoms with van der Waals surface area (Å²) in [6, 6.07) is 2.59. The van der Waals surface area contributed by atoms with Crippen LogP contribution < -0.4 is 9.47 Å². The van der Waals surface area contributed by atoms with Gasteiger partial charge in [-0.15, -0.1) is 0 Å². The van der Waals surface area contributed by atoms with Crippen molar-refractivity contribution in [1.29, 1.82) is 0 Å². The van der Waals surface area contributed by atoms with Gasteiger partial charge < -0.3 is 14.2 Å². The van der Waals surface area contributed by atoms with Crippen LogP contribution in [-0.2, 0) is 4.74 Å². The minimum atomic E-state index is -0.599. The first-order chi connectivity index (χ1) is 11.2. The second-order valence-electron chi connectivity index (χ2n) is 5.02. The van der Waals surface area contributed by atoms with Crippen molar-refractivity contribution in [3.63, 3.8) is 0 Å². The molecule has 1 heterocycles. The van der Waals surface area contributed by atoms with Crippen LogP contribution in [0.3, 0.4) is 0 Å². The molecule has 1 aromatic rings. The van der Waals surface area contributed by atoms with Crippen LogP contribution in [0.4, 0.5) is 11.4 Å². The first-order valence-electron chi connectivity index (χ1n) is 7.32. The molecule has 8 heteroatoms. The van der Waals surface area contributed by atoms with E-state index in [0.717, 1.165) is 39.3 Å². The third kappa shape index (κ3) is 4.55. The molecule has 124 valence electrons. The minimum Gasteiger partial charge on any atom is -0.493 e. The number of benzene rings is 1. The number of methoxy groups -OCH3 is 1. The van der Waals surface area contributed by atoms with Gasteiger partial charge in [0.05, 0.1) is 44.5 Å². The minimum absolute atomic E-state index is 0.0565. The van der Waals surface area contributed by atoms with E-state index in [2.05, 4.69) is 9.74 Å². The highest BCUT2D eigenvalue weighted by Crippen LogP contribution is 2.39. The molecule has 0 aromatic heterocycles. The summed E-state index contributed by atoms with van der Waals surface area (Å²) in [5.41, 5.74) is -0.337. The number of morpholine rings is 1. The fourth-order valence-electron chi connectivity index (χ4n) is 2.34. The van der Waals surface area contributed by atoms with Crippen molar-refractivity contribution in [3.8, 4) is 11.5 Å². The largest absolute Gasteiger partial charge is 0.493 e. The molecule has 0 amide bonds. The molecule has 0 radical (unpaired) electrons. The molecule has 0 unspecified atom stereocenters. The molecule has 1 aromatic carbocycles. The van der Waals surface area contributed by atoms with Crippen LogP contribution in [0.2, 0.25) is 0 Å². The maximum absolute atomic E-state index is 10.9. The van der Waals surface area contributed by atoms with E-state index in [9.17, 15) is 10.1 Å². The van der Waals surface area contributed by atoms with Gasteiger partial charge in [0.1, 0.15) is 0 Å². The zero-order chi connectivity index (χ0) is 16.7. The molecule has 0 N–H and O–H groups in total. The molecule has 8 nitrogen and oxygen atoms in total. The zero-order valence-electron chi connectivity index (χ0n) is 13.0. The maximum Gasteiger partial charge on any atom is 0.282 e. The van der Waals surface area contributed by atoms with E-state index in [1.807, 2.05) is 0 Å². The van der Waals surface area contributed by atoms with Gasteiger partial charge in [-0.1, -0.05) is 0 Å². The van der Waals surface area contributed by atoms with E-state index in [1.165, 1.54) is 19.2 Å². The zero-order valence-corrected chi connectivity index (χ0v) is 13.0. The Hall–Kier alpha value is -2.37. The van der Waals surface area contributed by atoms with Gasteiger partial charge in [-0.25, -0.2) is 4.85 Å². The SMILES string of the molecule is [C-]#[N+]c1cc(OCCCN2CCOCC2)c(OC)cc1[N+](=O)[O-]. The molecule has 1 saturated heterocycles. The van der Waals surface area contributed by atoms with Crippen molar-refractivity contribution in [2.24, 2.45) is 0 Å². The summed E-state index contributed by atoms with van der Waals surface area (Å²) in [6.45, 7) is 11.7. The molecule has 1 fully saturated rings. The van der Waals surface area contributed by atoms with Crippen molar-refractivity contribution >= 4 is 11.4 Å². The normalized spacial score (nSPS) is 15.0. The summed E-state index contributed by atoms with van der Waals surface area (Å²) < 4.78 is 16.1. The molecule has 0 bridgehead atoms. The molecule has 0 spiro atoms. The summed E-state index contributed by atoms with van der Waals surface area (Å²) >= 11 is 0. The van der Waals surface area contributed by atoms with Gasteiger partial charge in [0.15, 0.2) is 11.5 Å². The predicted octanol–water partition coefficient (Wildman–Crippen LogP) is 2.26. The first kappa shape index (κ1) is 17.0. The summed E-state index contributed by atoms with van der Waals surface area (Å²) in [7, 11) is 1.41. The van der Waals surface area contributed by atoms with Crippen molar-refractivity contribution in [1.82, 2.24) is 4.90 Å². The lowest BCUT2D eigenvalue weighted by Crippen LogP contribution is -2.37. The van der Waals surface area contributed by atoms with Crippen LogP contribution in [0.1, 0.15) is 6.42 Å². The lowest BCUT2D eigenvalue weighted by molar-refractivity contribution is -0.383. The van der Waals surface area contributed by atoms with Gasteiger partial charge in [0.2, 0.25) is 0 Å². The molecule has 0 aliphatic carbocycles. The van der Waals surface area contributed by atoms with Gasteiger partial charge >= 0.3 is 0 Å². The number of nitrogens with zero attached hydrogens (tertiary/aromatic N) is 3. The summed E-state index contributed by atoms with van der Waals surface area (Å²) in [5, 5.41) is 10.9. The van der Waals surface area contributed by atoms with E-state index in [1.54, 1.807) is 0 Å². The van der Waals surface area contributed by atoms with Crippen LogP contribution in [0, 0.1) is 16.7 Å². The van der Waals surface area contributed by atoms with Crippen LogP contribution in [0.15, 0.2) is 12.1 Å². The van der Waals surface area contributed by atoms with E-state index in [4.69, 9.17) is 20.8 Å². The van der Waals surface area contributed by atoms with Crippen LogP contribution in [-0.4, -0.2) is 56.4 Å². The third-order valence-electron chi connectivity index (χ3n) is 3.56. The Morgan fingerprint density at radius 2 is 2.13 bits per heavy atom. The van der Waals surface area contributed by atoms with Crippen molar-refractivity contribution in [3.05, 3.63) is 33.7 Å². The highest BCUT2D eigenvalue weighted by atomic mass is 16.6. The standard InChI is InChI=1S/C15H19N3O5/c1-16-12-10-15(14(21-2)11-13(12)18(19)20)23-7-3-4-17-5-8-22-9-6-17/h10-11H,3-9H2,2H3. The molecule has 1 aliphatic heterocycles. The second kappa shape index (κ2) is 8.31. The number of hydrogen-bond acceptors (Lipinski definition) is 6. The lowest BCUT2D eigenvalue weighted by Gasteiger charge is -2.26. The molecular formula is C15H19N3O5. The predicted molar refractivity (Wildman–Crippen MR) is 83.3 cm³/mol. The average Bonchev–Trinajstić information content (AvgIpc) is 2.58. The maximum atomic E-state index is 10.9. The highest BCUT2D eigenvalue weighted by molar-refractivity contribution is 5.69. The van der Waals surface area contributed by atoms with E-state index >= 15 is 0 Å². The highest BCUT2D eigenvalue weighted by Gasteiger charge is 2.20. The number of ether oxygens (including phenoxy) is 3. The Kier molecular flexibility index (Phi) is 6.14. The van der Waals surface area contributed by atoms with Crippen LogP contribution in [0.25, 0.3) is 4.85 Å². The van der Waals surface area contributed by atoms with Gasteiger partial charge in [-0.2, -0.15) is 0 Å². The van der Waals surface area contributed by atoms with E-state index in [-0.39, 0.29) is 17.1 Å². The summed E-state index contributed by atoms with van der Waals surface area (Å²) in [6.07, 6.45) is 0.813. The monoisotopic (exact) mass is 321 g/mol. The van der Waals surface area contributed by atoms with Crippen molar-refractivity contribution in [2.45, 2.75) is 6.42 Å². The second-order valence-corrected chi connectivity index (χ2v) is 5.02. The molecule has 2 rings (SSSR count). The summed E-state index contributed by atoms with van der Waals surface area (Å²) in [4.78, 5) is 15.8. The van der Waals surface area contributed by atoms with Crippen LogP contribution in [0.5, 0.6) is 11.5 Å². The van der Waals surface area contributed by atoms with Gasteiger partial charge in [0.25, 0.3) is 11.4 Å². The third-order valence-corrected chi connectivity index (χ3v) is 3.56. The van der Waals surface area contributed by atoms with Crippen LogP contribution >= 0.6 is 0 Å². The fourth-order valence-corrected chi connectivity index (χ4v) is 2.34. The topological polar surface area (TPSA) is 78.4 Å². The van der Waals surface area contributed by atoms with Gasteiger partial charge in [-0.3, -0.25) is 15.0 Å². The molecular weight excluding hydrogens is 302 g/mol. The molecule has 23 heavy (non-hydrogen) atoms. The summed E-state index contributed by atoms with van der Waals surface area (Å²) in [5.74, 6) is 0.613. The Balaban J connectivity index is 1.95. The average molecular weight is 321 g/mol. The molecule has 0 saturated carbocycles. The number of nitro benzene ring substituents is 1. The lowest BCUT2D eigenvalue weighted by atomic mass is 10.2. The Bertz CT molecular complexity index is 594. The molecule has 1 aliphatic rings. The smallest absolute Gasteiger partial charge is 0.282 e. The number of hydrogen-bond donors (Lipinski definition) is 0. The fraction of sp³-hybridized carbons (Fsp3) is 0.533. The van der Waals surface area contributed by atoms with Crippen molar-refractivity contribution < 1.29 is 19.1 Å². The quantitative estimate of drug-likeness (QED) is 0.332. The van der Waals surface area contributed by atoms with Crippen molar-refractivity contribution in [2.75, 3.05) is 46.6 Å². The Morgan fingerprint density at radius 3 is 2.74 bits per heavy atom. The number of nitro groups is 1. The first-order valence-corrected chi connectivity index (χ1v) is 7.32. The van der Waals surface area contributed by atoms with E-state index < -0.39 is 4.92 Å². The Morgan fingerprint density at radius 1 is 1.39 bits per heavy atom. The van der Waals surface area contributed by atoms with Gasteiger partial charge in [0, 0.05) is 19.6 Å².